The Morgan fingerprint density at radius 2 is 1.92 bits per heavy atom. The molecule has 1 aliphatic carbocycles. The summed E-state index contributed by atoms with van der Waals surface area (Å²) in [5.74, 6) is 0.495. The number of aromatic nitrogens is 2. The molecule has 1 aliphatic rings. The van der Waals surface area contributed by atoms with Crippen molar-refractivity contribution in [2.24, 2.45) is 0 Å². The molecule has 0 amide bonds. The van der Waals surface area contributed by atoms with E-state index in [1.54, 1.807) is 10.6 Å². The quantitative estimate of drug-likeness (QED) is 0.650. The van der Waals surface area contributed by atoms with Gasteiger partial charge < -0.3 is 0 Å². The van der Waals surface area contributed by atoms with Crippen molar-refractivity contribution in [3.8, 4) is 5.69 Å². The highest BCUT2D eigenvalue weighted by Crippen LogP contribution is 2.44. The minimum atomic E-state index is -0.309. The molecule has 2 aromatic carbocycles. The predicted octanol–water partition coefficient (Wildman–Crippen LogP) is 5.13. The number of aryl methyl sites for hydroxylation is 1. The largest absolute Gasteiger partial charge is 0.352 e. The second-order valence-corrected chi connectivity index (χ2v) is 6.96. The molecule has 0 N–H and O–H groups in total. The van der Waals surface area contributed by atoms with E-state index in [0.29, 0.717) is 23.0 Å². The van der Waals surface area contributed by atoms with Gasteiger partial charge in [-0.15, -0.1) is 0 Å². The van der Waals surface area contributed by atoms with Crippen LogP contribution < -0.4 is 5.69 Å². The van der Waals surface area contributed by atoms with Gasteiger partial charge in [0.1, 0.15) is 0 Å². The third-order valence-electron chi connectivity index (χ3n) is 4.53. The van der Waals surface area contributed by atoms with Crippen molar-refractivity contribution in [1.29, 1.82) is 0 Å². The van der Waals surface area contributed by atoms with E-state index in [9.17, 15) is 4.79 Å². The molecule has 3 aromatic rings. The topological polar surface area (TPSA) is 34.9 Å². The van der Waals surface area contributed by atoms with Gasteiger partial charge in [0.25, 0.3) is 0 Å². The first-order chi connectivity index (χ1) is 11.6. The lowest BCUT2D eigenvalue weighted by molar-refractivity contribution is 0.908. The maximum atomic E-state index is 12.7. The van der Waals surface area contributed by atoms with Crippen molar-refractivity contribution in [3.63, 3.8) is 0 Å². The molecule has 122 valence electrons. The summed E-state index contributed by atoms with van der Waals surface area (Å²) in [5.41, 5.74) is 3.04. The van der Waals surface area contributed by atoms with Crippen molar-refractivity contribution >= 4 is 34.1 Å². The zero-order chi connectivity index (χ0) is 16.8. The molecule has 1 heterocycles. The number of nitrogens with zero attached hydrogens (tertiary/aromatic N) is 2. The highest BCUT2D eigenvalue weighted by atomic mass is 35.5. The van der Waals surface area contributed by atoms with Crippen LogP contribution in [0.5, 0.6) is 0 Å². The summed E-state index contributed by atoms with van der Waals surface area (Å²) < 4.78 is 1.60. The fourth-order valence-electron chi connectivity index (χ4n) is 3.17. The zero-order valence-corrected chi connectivity index (χ0v) is 14.7. The molecule has 0 spiro atoms. The Morgan fingerprint density at radius 1 is 1.17 bits per heavy atom. The summed E-state index contributed by atoms with van der Waals surface area (Å²) in [6.07, 6.45) is 2.97. The molecule has 0 atom stereocenters. The van der Waals surface area contributed by atoms with Crippen molar-refractivity contribution in [3.05, 3.63) is 68.2 Å². The van der Waals surface area contributed by atoms with Gasteiger partial charge in [-0.3, -0.25) is 4.57 Å². The first kappa shape index (κ1) is 15.7. The first-order valence-corrected chi connectivity index (χ1v) is 8.85. The van der Waals surface area contributed by atoms with Crippen molar-refractivity contribution in [2.75, 3.05) is 0 Å². The average molecular weight is 359 g/mol. The number of hydrogen-bond donors (Lipinski definition) is 0. The Labute approximate surface area is 149 Å². The second kappa shape index (κ2) is 5.91. The van der Waals surface area contributed by atoms with Gasteiger partial charge in [-0.25, -0.2) is 4.79 Å². The van der Waals surface area contributed by atoms with Crippen LogP contribution in [0.15, 0.2) is 41.2 Å². The fourth-order valence-corrected chi connectivity index (χ4v) is 3.70. The van der Waals surface area contributed by atoms with Crippen molar-refractivity contribution in [2.45, 2.75) is 32.1 Å². The molecule has 24 heavy (non-hydrogen) atoms. The van der Waals surface area contributed by atoms with E-state index in [1.807, 2.05) is 37.3 Å². The Morgan fingerprint density at radius 3 is 2.58 bits per heavy atom. The molecule has 0 bridgehead atoms. The van der Waals surface area contributed by atoms with Crippen LogP contribution in [-0.2, 0) is 6.42 Å². The number of halogens is 2. The smallest absolute Gasteiger partial charge is 0.259 e. The van der Waals surface area contributed by atoms with Gasteiger partial charge in [0.15, 0.2) is 0 Å². The summed E-state index contributed by atoms with van der Waals surface area (Å²) in [6.45, 7) is 1.99. The molecule has 4 rings (SSSR count). The van der Waals surface area contributed by atoms with E-state index in [-0.39, 0.29) is 5.69 Å². The Bertz CT molecular complexity index is 1010. The van der Waals surface area contributed by atoms with Gasteiger partial charge in [0.2, 0.25) is 0 Å². The maximum absolute atomic E-state index is 12.7. The number of para-hydroxylation sites is 1. The van der Waals surface area contributed by atoms with Crippen LogP contribution in [0.4, 0.5) is 0 Å². The number of fused-ring (bicyclic) bond motifs is 1. The van der Waals surface area contributed by atoms with E-state index in [1.165, 1.54) is 0 Å². The molecule has 0 saturated heterocycles. The SMILES string of the molecule is CCc1nc(=O)n(-c2ccccc2Cl)c2cc(C3CC3)c(Cl)cc12. The molecule has 5 heteroatoms. The standard InChI is InChI=1S/C19H16Cl2N2O/c1-2-16-13-9-15(21)12(11-7-8-11)10-18(13)23(19(24)22-16)17-6-4-3-5-14(17)20/h3-6,9-11H,2,7-8H2,1H3. The Balaban J connectivity index is 2.12. The summed E-state index contributed by atoms with van der Waals surface area (Å²) in [5, 5.41) is 2.19. The monoisotopic (exact) mass is 358 g/mol. The van der Waals surface area contributed by atoms with Gasteiger partial charge in [-0.1, -0.05) is 42.3 Å². The maximum Gasteiger partial charge on any atom is 0.352 e. The molecule has 3 nitrogen and oxygen atoms in total. The van der Waals surface area contributed by atoms with Gasteiger partial charge in [0.05, 0.1) is 21.9 Å². The predicted molar refractivity (Wildman–Crippen MR) is 98.7 cm³/mol. The van der Waals surface area contributed by atoms with Crippen molar-refractivity contribution in [1.82, 2.24) is 9.55 Å². The molecule has 1 aromatic heterocycles. The van der Waals surface area contributed by atoms with Crippen LogP contribution in [0.3, 0.4) is 0 Å². The highest BCUT2D eigenvalue weighted by molar-refractivity contribution is 6.33. The summed E-state index contributed by atoms with van der Waals surface area (Å²) in [6, 6.07) is 11.3. The molecule has 1 saturated carbocycles. The van der Waals surface area contributed by atoms with E-state index < -0.39 is 0 Å². The minimum absolute atomic E-state index is 0.309. The molecular weight excluding hydrogens is 343 g/mol. The normalized spacial score (nSPS) is 14.3. The van der Waals surface area contributed by atoms with Crippen LogP contribution in [-0.4, -0.2) is 9.55 Å². The van der Waals surface area contributed by atoms with Crippen LogP contribution in [0.25, 0.3) is 16.6 Å². The second-order valence-electron chi connectivity index (χ2n) is 6.15. The van der Waals surface area contributed by atoms with Gasteiger partial charge in [-0.2, -0.15) is 4.98 Å². The van der Waals surface area contributed by atoms with Gasteiger partial charge in [-0.05, 0) is 55.0 Å². The molecular formula is C19H16Cl2N2O. The fraction of sp³-hybridized carbons (Fsp3) is 0.263. The lowest BCUT2D eigenvalue weighted by Gasteiger charge is -2.15. The van der Waals surface area contributed by atoms with Gasteiger partial charge >= 0.3 is 5.69 Å². The molecule has 1 fully saturated rings. The number of hydrogen-bond acceptors (Lipinski definition) is 2. The van der Waals surface area contributed by atoms with E-state index in [4.69, 9.17) is 23.2 Å². The Hall–Kier alpha value is -1.84. The lowest BCUT2D eigenvalue weighted by Crippen LogP contribution is -2.24. The first-order valence-electron chi connectivity index (χ1n) is 8.10. The number of rotatable bonds is 3. The van der Waals surface area contributed by atoms with Crippen LogP contribution in [0.1, 0.15) is 36.9 Å². The molecule has 0 aliphatic heterocycles. The zero-order valence-electron chi connectivity index (χ0n) is 13.2. The summed E-state index contributed by atoms with van der Waals surface area (Å²) in [4.78, 5) is 17.0. The third kappa shape index (κ3) is 2.52. The van der Waals surface area contributed by atoms with Crippen LogP contribution >= 0.6 is 23.2 Å². The van der Waals surface area contributed by atoms with Crippen LogP contribution in [0, 0.1) is 0 Å². The van der Waals surface area contributed by atoms with E-state index >= 15 is 0 Å². The third-order valence-corrected chi connectivity index (χ3v) is 5.18. The minimum Gasteiger partial charge on any atom is -0.259 e. The summed E-state index contributed by atoms with van der Waals surface area (Å²) >= 11 is 12.8. The molecule has 0 unspecified atom stereocenters. The highest BCUT2D eigenvalue weighted by Gasteiger charge is 2.27. The Kier molecular flexibility index (Phi) is 3.86. The molecule has 0 radical (unpaired) electrons. The van der Waals surface area contributed by atoms with E-state index in [2.05, 4.69) is 4.98 Å². The average Bonchev–Trinajstić information content (AvgIpc) is 3.40. The van der Waals surface area contributed by atoms with Crippen LogP contribution in [0.2, 0.25) is 10.0 Å². The summed E-state index contributed by atoms with van der Waals surface area (Å²) in [7, 11) is 0. The van der Waals surface area contributed by atoms with E-state index in [0.717, 1.165) is 40.0 Å². The lowest BCUT2D eigenvalue weighted by atomic mass is 10.0. The van der Waals surface area contributed by atoms with Gasteiger partial charge in [0, 0.05) is 10.4 Å². The number of benzene rings is 2. The van der Waals surface area contributed by atoms with Crippen molar-refractivity contribution < 1.29 is 0 Å².